The molecule has 1 amide bonds. The van der Waals surface area contributed by atoms with Crippen LogP contribution in [0.3, 0.4) is 0 Å². The summed E-state index contributed by atoms with van der Waals surface area (Å²) in [5.41, 5.74) is 1.21. The van der Waals surface area contributed by atoms with E-state index in [1.165, 1.54) is 5.56 Å². The molecule has 0 unspecified atom stereocenters. The van der Waals surface area contributed by atoms with E-state index in [0.29, 0.717) is 12.6 Å². The van der Waals surface area contributed by atoms with Crippen molar-refractivity contribution in [2.75, 3.05) is 46.8 Å². The van der Waals surface area contributed by atoms with Crippen molar-refractivity contribution < 1.29 is 9.53 Å². The van der Waals surface area contributed by atoms with E-state index in [2.05, 4.69) is 43.0 Å². The zero-order valence-electron chi connectivity index (χ0n) is 16.5. The SMILES string of the molecule is Cc1cccc(OC2CCN(C(=O)CN(C)C3CCN(C)CC3)CC2)c1. The molecule has 5 nitrogen and oxygen atoms in total. The van der Waals surface area contributed by atoms with Crippen LogP contribution in [0.1, 0.15) is 31.2 Å². The van der Waals surface area contributed by atoms with Crippen LogP contribution in [-0.4, -0.2) is 79.6 Å². The topological polar surface area (TPSA) is 36.0 Å². The van der Waals surface area contributed by atoms with Crippen molar-refractivity contribution in [3.63, 3.8) is 0 Å². The highest BCUT2D eigenvalue weighted by atomic mass is 16.5. The third-order valence-corrected chi connectivity index (χ3v) is 5.78. The first-order valence-electron chi connectivity index (χ1n) is 9.91. The molecule has 2 saturated heterocycles. The van der Waals surface area contributed by atoms with Gasteiger partial charge in [0.1, 0.15) is 11.9 Å². The van der Waals surface area contributed by atoms with Gasteiger partial charge in [-0.2, -0.15) is 0 Å². The summed E-state index contributed by atoms with van der Waals surface area (Å²) in [6.45, 7) is 6.48. The fourth-order valence-corrected chi connectivity index (χ4v) is 3.98. The lowest BCUT2D eigenvalue weighted by Gasteiger charge is -2.37. The summed E-state index contributed by atoms with van der Waals surface area (Å²) < 4.78 is 6.10. The standard InChI is InChI=1S/C21H33N3O2/c1-17-5-4-6-20(15-17)26-19-9-13-24(14-10-19)21(25)16-23(3)18-7-11-22(2)12-8-18/h4-6,15,18-19H,7-14,16H2,1-3H3. The number of benzene rings is 1. The van der Waals surface area contributed by atoms with Crippen LogP contribution in [0.4, 0.5) is 0 Å². The van der Waals surface area contributed by atoms with Crippen molar-refractivity contribution in [3.8, 4) is 5.75 Å². The summed E-state index contributed by atoms with van der Waals surface area (Å²) in [6.07, 6.45) is 4.36. The molecule has 0 spiro atoms. The van der Waals surface area contributed by atoms with E-state index in [0.717, 1.165) is 57.6 Å². The molecule has 0 bridgehead atoms. The maximum absolute atomic E-state index is 12.7. The maximum Gasteiger partial charge on any atom is 0.236 e. The monoisotopic (exact) mass is 359 g/mol. The Morgan fingerprint density at radius 3 is 2.50 bits per heavy atom. The van der Waals surface area contributed by atoms with Crippen LogP contribution in [0.15, 0.2) is 24.3 Å². The summed E-state index contributed by atoms with van der Waals surface area (Å²) in [5, 5.41) is 0. The minimum atomic E-state index is 0.215. The van der Waals surface area contributed by atoms with E-state index in [-0.39, 0.29) is 12.0 Å². The highest BCUT2D eigenvalue weighted by Gasteiger charge is 2.27. The van der Waals surface area contributed by atoms with Gasteiger partial charge in [-0.25, -0.2) is 0 Å². The van der Waals surface area contributed by atoms with Crippen LogP contribution in [0.2, 0.25) is 0 Å². The largest absolute Gasteiger partial charge is 0.490 e. The number of aryl methyl sites for hydroxylation is 1. The number of nitrogens with zero attached hydrogens (tertiary/aromatic N) is 3. The van der Waals surface area contributed by atoms with Gasteiger partial charge in [0.05, 0.1) is 6.54 Å². The summed E-state index contributed by atoms with van der Waals surface area (Å²) >= 11 is 0. The Morgan fingerprint density at radius 1 is 1.15 bits per heavy atom. The number of carbonyl (C=O) groups is 1. The Morgan fingerprint density at radius 2 is 1.85 bits per heavy atom. The van der Waals surface area contributed by atoms with Crippen LogP contribution in [-0.2, 0) is 4.79 Å². The number of ether oxygens (including phenoxy) is 1. The predicted molar refractivity (Wildman–Crippen MR) is 105 cm³/mol. The predicted octanol–water partition coefficient (Wildman–Crippen LogP) is 2.39. The Bertz CT molecular complexity index is 591. The van der Waals surface area contributed by atoms with Gasteiger partial charge in [0.15, 0.2) is 0 Å². The van der Waals surface area contributed by atoms with Gasteiger partial charge in [-0.3, -0.25) is 9.69 Å². The first-order chi connectivity index (χ1) is 12.5. The van der Waals surface area contributed by atoms with Crippen LogP contribution in [0, 0.1) is 6.92 Å². The molecule has 0 aromatic heterocycles. The second-order valence-corrected chi connectivity index (χ2v) is 7.96. The third-order valence-electron chi connectivity index (χ3n) is 5.78. The number of likely N-dealkylation sites (tertiary alicyclic amines) is 2. The summed E-state index contributed by atoms with van der Waals surface area (Å²) in [5.74, 6) is 1.21. The molecule has 2 aliphatic rings. The molecule has 5 heteroatoms. The first kappa shape index (κ1) is 19.2. The smallest absolute Gasteiger partial charge is 0.236 e. The Labute approximate surface area is 157 Å². The summed E-state index contributed by atoms with van der Waals surface area (Å²) in [7, 11) is 4.27. The van der Waals surface area contributed by atoms with Gasteiger partial charge >= 0.3 is 0 Å². The van der Waals surface area contributed by atoms with Crippen LogP contribution in [0.5, 0.6) is 5.75 Å². The van der Waals surface area contributed by atoms with Crippen LogP contribution < -0.4 is 4.74 Å². The number of amides is 1. The van der Waals surface area contributed by atoms with Gasteiger partial charge in [0.25, 0.3) is 0 Å². The molecule has 0 aliphatic carbocycles. The zero-order chi connectivity index (χ0) is 18.5. The van der Waals surface area contributed by atoms with E-state index < -0.39 is 0 Å². The molecule has 2 aliphatic heterocycles. The van der Waals surface area contributed by atoms with E-state index in [1.807, 2.05) is 17.0 Å². The van der Waals surface area contributed by atoms with Crippen molar-refractivity contribution in [2.24, 2.45) is 0 Å². The molecule has 0 saturated carbocycles. The van der Waals surface area contributed by atoms with Crippen molar-refractivity contribution in [1.29, 1.82) is 0 Å². The highest BCUT2D eigenvalue weighted by Crippen LogP contribution is 2.20. The second kappa shape index (κ2) is 8.87. The summed E-state index contributed by atoms with van der Waals surface area (Å²) in [6, 6.07) is 8.74. The Kier molecular flexibility index (Phi) is 6.54. The Balaban J connectivity index is 1.42. The number of hydrogen-bond acceptors (Lipinski definition) is 4. The average Bonchev–Trinajstić information content (AvgIpc) is 2.63. The van der Waals surface area contributed by atoms with Crippen molar-refractivity contribution in [2.45, 2.75) is 44.8 Å². The van der Waals surface area contributed by atoms with E-state index in [4.69, 9.17) is 4.74 Å². The molecular formula is C21H33N3O2. The van der Waals surface area contributed by atoms with Crippen LogP contribution in [0.25, 0.3) is 0 Å². The van der Waals surface area contributed by atoms with Gasteiger partial charge in [-0.15, -0.1) is 0 Å². The molecule has 0 atom stereocenters. The molecule has 2 fully saturated rings. The Hall–Kier alpha value is -1.59. The lowest BCUT2D eigenvalue weighted by Crippen LogP contribution is -2.49. The number of carbonyl (C=O) groups excluding carboxylic acids is 1. The molecule has 1 aromatic carbocycles. The lowest BCUT2D eigenvalue weighted by molar-refractivity contribution is -0.134. The minimum Gasteiger partial charge on any atom is -0.490 e. The molecule has 3 rings (SSSR count). The summed E-state index contributed by atoms with van der Waals surface area (Å²) in [4.78, 5) is 19.3. The third kappa shape index (κ3) is 5.21. The lowest BCUT2D eigenvalue weighted by atomic mass is 10.0. The van der Waals surface area contributed by atoms with Crippen molar-refractivity contribution in [1.82, 2.24) is 14.7 Å². The number of piperidine rings is 2. The van der Waals surface area contributed by atoms with Gasteiger partial charge in [-0.1, -0.05) is 12.1 Å². The van der Waals surface area contributed by atoms with Crippen LogP contribution >= 0.6 is 0 Å². The van der Waals surface area contributed by atoms with Gasteiger partial charge in [0, 0.05) is 32.0 Å². The molecular weight excluding hydrogens is 326 g/mol. The number of likely N-dealkylation sites (N-methyl/N-ethyl adjacent to an activating group) is 1. The molecule has 0 radical (unpaired) electrons. The molecule has 2 heterocycles. The highest BCUT2D eigenvalue weighted by molar-refractivity contribution is 5.78. The molecule has 144 valence electrons. The fourth-order valence-electron chi connectivity index (χ4n) is 3.98. The molecule has 1 aromatic rings. The number of hydrogen-bond donors (Lipinski definition) is 0. The first-order valence-corrected chi connectivity index (χ1v) is 9.91. The van der Waals surface area contributed by atoms with Gasteiger partial charge < -0.3 is 14.5 Å². The maximum atomic E-state index is 12.7. The van der Waals surface area contributed by atoms with Crippen molar-refractivity contribution in [3.05, 3.63) is 29.8 Å². The van der Waals surface area contributed by atoms with Gasteiger partial charge in [-0.05, 0) is 64.6 Å². The fraction of sp³-hybridized carbons (Fsp3) is 0.667. The second-order valence-electron chi connectivity index (χ2n) is 7.96. The van der Waals surface area contributed by atoms with E-state index >= 15 is 0 Å². The van der Waals surface area contributed by atoms with Gasteiger partial charge in [0.2, 0.25) is 5.91 Å². The number of rotatable bonds is 5. The minimum absolute atomic E-state index is 0.215. The molecule has 26 heavy (non-hydrogen) atoms. The van der Waals surface area contributed by atoms with E-state index in [9.17, 15) is 4.79 Å². The quantitative estimate of drug-likeness (QED) is 0.809. The van der Waals surface area contributed by atoms with Crippen molar-refractivity contribution >= 4 is 5.91 Å². The molecule has 0 N–H and O–H groups in total. The van der Waals surface area contributed by atoms with E-state index in [1.54, 1.807) is 0 Å². The normalized spacial score (nSPS) is 20.5. The zero-order valence-corrected chi connectivity index (χ0v) is 16.5. The average molecular weight is 360 g/mol.